The first-order chi connectivity index (χ1) is 8.90. The third kappa shape index (κ3) is 7.28. The molecule has 1 saturated carbocycles. The van der Waals surface area contributed by atoms with Crippen LogP contribution in [-0.2, 0) is 0 Å². The van der Waals surface area contributed by atoms with Crippen LogP contribution in [0.3, 0.4) is 0 Å². The minimum absolute atomic E-state index is 0.135. The van der Waals surface area contributed by atoms with Crippen molar-refractivity contribution in [2.45, 2.75) is 45.2 Å². The van der Waals surface area contributed by atoms with Gasteiger partial charge in [-0.15, -0.1) is 0 Å². The second kappa shape index (κ2) is 7.60. The molecule has 19 heavy (non-hydrogen) atoms. The van der Waals surface area contributed by atoms with Gasteiger partial charge in [-0.2, -0.15) is 13.2 Å². The molecule has 0 heterocycles. The van der Waals surface area contributed by atoms with Crippen molar-refractivity contribution in [1.29, 1.82) is 0 Å². The molecular weight excluding hydrogens is 255 g/mol. The van der Waals surface area contributed by atoms with Crippen molar-refractivity contribution in [3.63, 3.8) is 0 Å². The summed E-state index contributed by atoms with van der Waals surface area (Å²) in [5.74, 6) is 1.81. The number of nitrogens with one attached hydrogen (secondary N) is 2. The zero-order valence-corrected chi connectivity index (χ0v) is 11.7. The molecule has 0 aromatic rings. The number of guanidine groups is 1. The maximum Gasteiger partial charge on any atom is 0.390 e. The molecule has 1 fully saturated rings. The summed E-state index contributed by atoms with van der Waals surface area (Å²) < 4.78 is 36.1. The first kappa shape index (κ1) is 16.1. The van der Waals surface area contributed by atoms with Gasteiger partial charge < -0.3 is 10.6 Å². The van der Waals surface area contributed by atoms with Crippen LogP contribution in [0.4, 0.5) is 13.2 Å². The highest BCUT2D eigenvalue weighted by atomic mass is 19.4. The molecule has 1 rings (SSSR count). The highest BCUT2D eigenvalue weighted by molar-refractivity contribution is 5.79. The van der Waals surface area contributed by atoms with Crippen LogP contribution >= 0.6 is 0 Å². The third-order valence-electron chi connectivity index (χ3n) is 3.53. The van der Waals surface area contributed by atoms with E-state index in [1.54, 1.807) is 7.05 Å². The predicted octanol–water partition coefficient (Wildman–Crippen LogP) is 2.93. The molecule has 0 aliphatic heterocycles. The molecule has 0 saturated heterocycles. The third-order valence-corrected chi connectivity index (χ3v) is 3.53. The average Bonchev–Trinajstić information content (AvgIpc) is 2.32. The topological polar surface area (TPSA) is 36.4 Å². The molecule has 0 aromatic carbocycles. The summed E-state index contributed by atoms with van der Waals surface area (Å²) in [4.78, 5) is 3.94. The molecule has 0 spiro atoms. The first-order valence-corrected chi connectivity index (χ1v) is 6.92. The van der Waals surface area contributed by atoms with Crippen LogP contribution in [0.15, 0.2) is 4.99 Å². The smallest absolute Gasteiger partial charge is 0.356 e. The van der Waals surface area contributed by atoms with E-state index < -0.39 is 12.6 Å². The van der Waals surface area contributed by atoms with E-state index in [4.69, 9.17) is 0 Å². The van der Waals surface area contributed by atoms with Gasteiger partial charge >= 0.3 is 6.18 Å². The zero-order chi connectivity index (χ0) is 14.3. The number of nitrogens with zero attached hydrogens (tertiary/aromatic N) is 1. The molecule has 0 amide bonds. The quantitative estimate of drug-likeness (QED) is 0.613. The molecule has 0 aromatic heterocycles. The summed E-state index contributed by atoms with van der Waals surface area (Å²) in [6.07, 6.45) is -0.0507. The molecule has 2 atom stereocenters. The summed E-state index contributed by atoms with van der Waals surface area (Å²) >= 11 is 0. The van der Waals surface area contributed by atoms with Gasteiger partial charge in [0.25, 0.3) is 0 Å². The summed E-state index contributed by atoms with van der Waals surface area (Å²) in [5.41, 5.74) is 0. The Morgan fingerprint density at radius 2 is 2.00 bits per heavy atom. The Kier molecular flexibility index (Phi) is 6.45. The zero-order valence-electron chi connectivity index (χ0n) is 11.7. The van der Waals surface area contributed by atoms with Crippen LogP contribution < -0.4 is 10.6 Å². The van der Waals surface area contributed by atoms with Gasteiger partial charge in [-0.1, -0.05) is 19.8 Å². The van der Waals surface area contributed by atoms with Gasteiger partial charge in [0, 0.05) is 20.1 Å². The van der Waals surface area contributed by atoms with Crippen molar-refractivity contribution in [3.8, 4) is 0 Å². The lowest BCUT2D eigenvalue weighted by molar-refractivity contribution is -0.132. The number of alkyl halides is 3. The Hall–Kier alpha value is -0.940. The summed E-state index contributed by atoms with van der Waals surface area (Å²) in [6, 6.07) is 0. The van der Waals surface area contributed by atoms with Gasteiger partial charge in [-0.25, -0.2) is 0 Å². The molecule has 1 aliphatic carbocycles. The van der Waals surface area contributed by atoms with Crippen molar-refractivity contribution < 1.29 is 13.2 Å². The van der Waals surface area contributed by atoms with Crippen LogP contribution in [-0.4, -0.2) is 32.3 Å². The van der Waals surface area contributed by atoms with E-state index >= 15 is 0 Å². The standard InChI is InChI=1S/C13H24F3N3/c1-10-4-3-5-11(8-10)9-19-12(17-2)18-7-6-13(14,15)16/h10-11H,3-9H2,1-2H3,(H2,17,18,19). The molecule has 112 valence electrons. The van der Waals surface area contributed by atoms with Gasteiger partial charge in [0.15, 0.2) is 5.96 Å². The van der Waals surface area contributed by atoms with Gasteiger partial charge in [-0.3, -0.25) is 4.99 Å². The minimum Gasteiger partial charge on any atom is -0.356 e. The van der Waals surface area contributed by atoms with Crippen molar-refractivity contribution >= 4 is 5.96 Å². The summed E-state index contributed by atoms with van der Waals surface area (Å²) in [5, 5.41) is 5.81. The first-order valence-electron chi connectivity index (χ1n) is 6.92. The number of halogens is 3. The number of hydrogen-bond acceptors (Lipinski definition) is 1. The van der Waals surface area contributed by atoms with Crippen LogP contribution in [0.5, 0.6) is 0 Å². The predicted molar refractivity (Wildman–Crippen MR) is 71.2 cm³/mol. The SMILES string of the molecule is CN=C(NCCC(F)(F)F)NCC1CCCC(C)C1. The minimum atomic E-state index is -4.12. The summed E-state index contributed by atoms with van der Waals surface area (Å²) in [7, 11) is 1.58. The van der Waals surface area contributed by atoms with Gasteiger partial charge in [-0.05, 0) is 24.7 Å². The van der Waals surface area contributed by atoms with Gasteiger partial charge in [0.2, 0.25) is 0 Å². The normalized spacial score (nSPS) is 25.2. The largest absolute Gasteiger partial charge is 0.390 e. The van der Waals surface area contributed by atoms with E-state index in [1.165, 1.54) is 25.7 Å². The van der Waals surface area contributed by atoms with E-state index in [2.05, 4.69) is 22.5 Å². The van der Waals surface area contributed by atoms with E-state index in [0.29, 0.717) is 11.9 Å². The molecule has 2 N–H and O–H groups in total. The van der Waals surface area contributed by atoms with Crippen molar-refractivity contribution in [1.82, 2.24) is 10.6 Å². The Morgan fingerprint density at radius 1 is 1.26 bits per heavy atom. The highest BCUT2D eigenvalue weighted by Crippen LogP contribution is 2.27. The molecule has 0 radical (unpaired) electrons. The van der Waals surface area contributed by atoms with Crippen molar-refractivity contribution in [3.05, 3.63) is 0 Å². The van der Waals surface area contributed by atoms with Gasteiger partial charge in [0.1, 0.15) is 0 Å². The fourth-order valence-corrected chi connectivity index (χ4v) is 2.53. The second-order valence-corrected chi connectivity index (χ2v) is 5.38. The lowest BCUT2D eigenvalue weighted by Crippen LogP contribution is -2.41. The monoisotopic (exact) mass is 279 g/mol. The summed E-state index contributed by atoms with van der Waals surface area (Å²) in [6.45, 7) is 2.91. The van der Waals surface area contributed by atoms with E-state index in [0.717, 1.165) is 12.5 Å². The highest BCUT2D eigenvalue weighted by Gasteiger charge is 2.26. The maximum atomic E-state index is 12.0. The number of hydrogen-bond donors (Lipinski definition) is 2. The Labute approximate surface area is 113 Å². The van der Waals surface area contributed by atoms with Gasteiger partial charge in [0.05, 0.1) is 6.42 Å². The van der Waals surface area contributed by atoms with E-state index in [-0.39, 0.29) is 6.54 Å². The van der Waals surface area contributed by atoms with Crippen LogP contribution in [0.1, 0.15) is 39.0 Å². The Morgan fingerprint density at radius 3 is 2.58 bits per heavy atom. The second-order valence-electron chi connectivity index (χ2n) is 5.38. The van der Waals surface area contributed by atoms with Crippen molar-refractivity contribution in [2.75, 3.05) is 20.1 Å². The number of rotatable bonds is 4. The van der Waals surface area contributed by atoms with Crippen LogP contribution in [0.25, 0.3) is 0 Å². The average molecular weight is 279 g/mol. The molecule has 1 aliphatic rings. The lowest BCUT2D eigenvalue weighted by Gasteiger charge is -2.27. The fourth-order valence-electron chi connectivity index (χ4n) is 2.53. The van der Waals surface area contributed by atoms with Crippen LogP contribution in [0.2, 0.25) is 0 Å². The van der Waals surface area contributed by atoms with E-state index in [9.17, 15) is 13.2 Å². The van der Waals surface area contributed by atoms with E-state index in [1.807, 2.05) is 0 Å². The van der Waals surface area contributed by atoms with Crippen LogP contribution in [0, 0.1) is 11.8 Å². The molecular formula is C13H24F3N3. The Balaban J connectivity index is 2.21. The fraction of sp³-hybridized carbons (Fsp3) is 0.923. The molecule has 3 nitrogen and oxygen atoms in total. The molecule has 0 bridgehead atoms. The lowest BCUT2D eigenvalue weighted by atomic mass is 9.82. The van der Waals surface area contributed by atoms with Crippen molar-refractivity contribution in [2.24, 2.45) is 16.8 Å². The molecule has 6 heteroatoms. The number of aliphatic imine (C=N–C) groups is 1. The maximum absolute atomic E-state index is 12.0. The molecule has 2 unspecified atom stereocenters. The Bertz CT molecular complexity index is 289.